The fourth-order valence-electron chi connectivity index (χ4n) is 1.71. The first-order chi connectivity index (χ1) is 9.52. The Morgan fingerprint density at radius 2 is 2.00 bits per heavy atom. The number of rotatable bonds is 4. The van der Waals surface area contributed by atoms with Crippen LogP contribution in [0.4, 0.5) is 5.95 Å². The molecule has 0 amide bonds. The zero-order valence-corrected chi connectivity index (χ0v) is 12.7. The van der Waals surface area contributed by atoms with Gasteiger partial charge in [0.25, 0.3) is 0 Å². The minimum Gasteiger partial charge on any atom is -0.360 e. The van der Waals surface area contributed by atoms with E-state index in [4.69, 9.17) is 12.2 Å². The van der Waals surface area contributed by atoms with Gasteiger partial charge in [-0.1, -0.05) is 29.8 Å². The summed E-state index contributed by atoms with van der Waals surface area (Å²) in [6.07, 6.45) is 1.69. The number of aryl methyl sites for hydroxylation is 1. The molecule has 0 spiro atoms. The zero-order chi connectivity index (χ0) is 14.5. The topological polar surface area (TPSA) is 54.8 Å². The van der Waals surface area contributed by atoms with E-state index in [1.807, 2.05) is 13.8 Å². The minimum absolute atomic E-state index is 0.282. The Morgan fingerprint density at radius 1 is 1.30 bits per heavy atom. The summed E-state index contributed by atoms with van der Waals surface area (Å²) in [6.45, 7) is 6.82. The van der Waals surface area contributed by atoms with Crippen LogP contribution in [0.5, 0.6) is 0 Å². The van der Waals surface area contributed by atoms with E-state index in [1.165, 1.54) is 11.1 Å². The van der Waals surface area contributed by atoms with Crippen LogP contribution < -0.4 is 10.6 Å². The van der Waals surface area contributed by atoms with Gasteiger partial charge in [0.05, 0.1) is 6.54 Å². The van der Waals surface area contributed by atoms with Crippen molar-refractivity contribution in [3.05, 3.63) is 41.7 Å². The summed E-state index contributed by atoms with van der Waals surface area (Å²) >= 11 is 5.15. The second-order valence-corrected chi connectivity index (χ2v) is 5.41. The molecule has 20 heavy (non-hydrogen) atoms. The number of thiocarbonyl (C=S) groups is 1. The van der Waals surface area contributed by atoms with Crippen LogP contribution in [0.25, 0.3) is 0 Å². The largest absolute Gasteiger partial charge is 0.360 e. The molecule has 0 aliphatic carbocycles. The number of benzene rings is 1. The standard InChI is InChI=1S/C14H19N5S/c1-10(2)16-14(20)17-13-15-9-19(18-13)8-12-6-4-11(3)5-7-12/h4-7,9-10H,8H2,1-3H3,(H2,16,17,18,20). The van der Waals surface area contributed by atoms with Gasteiger partial charge in [0.15, 0.2) is 5.11 Å². The van der Waals surface area contributed by atoms with E-state index >= 15 is 0 Å². The van der Waals surface area contributed by atoms with E-state index in [2.05, 4.69) is 51.9 Å². The lowest BCUT2D eigenvalue weighted by atomic mass is 10.1. The Labute approximate surface area is 124 Å². The van der Waals surface area contributed by atoms with Gasteiger partial charge in [-0.2, -0.15) is 0 Å². The molecule has 0 radical (unpaired) electrons. The molecule has 1 aromatic carbocycles. The monoisotopic (exact) mass is 289 g/mol. The molecule has 2 N–H and O–H groups in total. The second-order valence-electron chi connectivity index (χ2n) is 5.00. The summed E-state index contributed by atoms with van der Waals surface area (Å²) in [5, 5.41) is 10.9. The van der Waals surface area contributed by atoms with Gasteiger partial charge >= 0.3 is 0 Å². The van der Waals surface area contributed by atoms with Crippen LogP contribution in [-0.4, -0.2) is 25.9 Å². The van der Waals surface area contributed by atoms with Crippen molar-refractivity contribution in [1.82, 2.24) is 20.1 Å². The van der Waals surface area contributed by atoms with Gasteiger partial charge in [0, 0.05) is 6.04 Å². The Morgan fingerprint density at radius 3 is 2.65 bits per heavy atom. The molecule has 1 heterocycles. The molecule has 1 aromatic heterocycles. The van der Waals surface area contributed by atoms with Crippen molar-refractivity contribution >= 4 is 23.3 Å². The molecule has 0 fully saturated rings. The molecule has 0 saturated heterocycles. The van der Waals surface area contributed by atoms with Crippen LogP contribution in [0, 0.1) is 6.92 Å². The van der Waals surface area contributed by atoms with Crippen LogP contribution in [0.1, 0.15) is 25.0 Å². The molecule has 0 atom stereocenters. The van der Waals surface area contributed by atoms with E-state index < -0.39 is 0 Å². The molecule has 0 saturated carbocycles. The maximum absolute atomic E-state index is 5.15. The smallest absolute Gasteiger partial charge is 0.248 e. The van der Waals surface area contributed by atoms with Crippen LogP contribution in [-0.2, 0) is 6.54 Å². The summed E-state index contributed by atoms with van der Waals surface area (Å²) in [7, 11) is 0. The number of hydrogen-bond acceptors (Lipinski definition) is 3. The number of nitrogens with zero attached hydrogens (tertiary/aromatic N) is 3. The van der Waals surface area contributed by atoms with E-state index in [0.29, 0.717) is 17.6 Å². The van der Waals surface area contributed by atoms with E-state index in [1.54, 1.807) is 11.0 Å². The molecular formula is C14H19N5S. The number of anilines is 1. The van der Waals surface area contributed by atoms with E-state index in [-0.39, 0.29) is 6.04 Å². The van der Waals surface area contributed by atoms with Crippen molar-refractivity contribution in [2.24, 2.45) is 0 Å². The molecular weight excluding hydrogens is 270 g/mol. The van der Waals surface area contributed by atoms with Crippen molar-refractivity contribution in [1.29, 1.82) is 0 Å². The van der Waals surface area contributed by atoms with Gasteiger partial charge in [0.1, 0.15) is 6.33 Å². The van der Waals surface area contributed by atoms with Gasteiger partial charge in [-0.15, -0.1) is 5.10 Å². The SMILES string of the molecule is Cc1ccc(Cn2cnc(NC(=S)NC(C)C)n2)cc1. The molecule has 5 nitrogen and oxygen atoms in total. The summed E-state index contributed by atoms with van der Waals surface area (Å²) in [5.41, 5.74) is 2.44. The minimum atomic E-state index is 0.282. The Balaban J connectivity index is 1.95. The van der Waals surface area contributed by atoms with Crippen LogP contribution >= 0.6 is 12.2 Å². The van der Waals surface area contributed by atoms with Crippen LogP contribution in [0.15, 0.2) is 30.6 Å². The van der Waals surface area contributed by atoms with Gasteiger partial charge in [-0.3, -0.25) is 5.32 Å². The molecule has 106 valence electrons. The average molecular weight is 289 g/mol. The first kappa shape index (κ1) is 14.5. The summed E-state index contributed by atoms with van der Waals surface area (Å²) < 4.78 is 1.78. The molecule has 2 aromatic rings. The number of nitrogens with one attached hydrogen (secondary N) is 2. The van der Waals surface area contributed by atoms with Crippen molar-refractivity contribution < 1.29 is 0 Å². The summed E-state index contributed by atoms with van der Waals surface area (Å²) in [5.74, 6) is 0.510. The highest BCUT2D eigenvalue weighted by Gasteiger charge is 2.04. The van der Waals surface area contributed by atoms with E-state index in [9.17, 15) is 0 Å². The highest BCUT2D eigenvalue weighted by molar-refractivity contribution is 7.80. The maximum Gasteiger partial charge on any atom is 0.248 e. The fourth-order valence-corrected chi connectivity index (χ4v) is 2.04. The molecule has 0 aliphatic rings. The predicted molar refractivity (Wildman–Crippen MR) is 84.8 cm³/mol. The molecule has 0 unspecified atom stereocenters. The highest BCUT2D eigenvalue weighted by Crippen LogP contribution is 2.06. The third-order valence-electron chi connectivity index (χ3n) is 2.65. The van der Waals surface area contributed by atoms with Gasteiger partial charge < -0.3 is 5.32 Å². The lowest BCUT2D eigenvalue weighted by molar-refractivity contribution is 0.686. The average Bonchev–Trinajstić information content (AvgIpc) is 2.78. The third kappa shape index (κ3) is 4.31. The van der Waals surface area contributed by atoms with Gasteiger partial charge in [-0.05, 0) is 38.6 Å². The predicted octanol–water partition coefficient (Wildman–Crippen LogP) is 2.33. The lowest BCUT2D eigenvalue weighted by Crippen LogP contribution is -2.34. The number of hydrogen-bond donors (Lipinski definition) is 2. The van der Waals surface area contributed by atoms with Crippen molar-refractivity contribution in [2.45, 2.75) is 33.4 Å². The number of aromatic nitrogens is 3. The van der Waals surface area contributed by atoms with Crippen molar-refractivity contribution in [2.75, 3.05) is 5.32 Å². The molecule has 6 heteroatoms. The second kappa shape index (κ2) is 6.47. The normalized spacial score (nSPS) is 10.6. The summed E-state index contributed by atoms with van der Waals surface area (Å²) in [4.78, 5) is 4.19. The first-order valence-corrected chi connectivity index (χ1v) is 6.96. The Hall–Kier alpha value is -1.95. The van der Waals surface area contributed by atoms with Gasteiger partial charge in [0.2, 0.25) is 5.95 Å². The quantitative estimate of drug-likeness (QED) is 0.846. The maximum atomic E-state index is 5.15. The van der Waals surface area contributed by atoms with Crippen molar-refractivity contribution in [3.63, 3.8) is 0 Å². The lowest BCUT2D eigenvalue weighted by Gasteiger charge is -2.10. The Bertz CT molecular complexity index is 574. The fraction of sp³-hybridized carbons (Fsp3) is 0.357. The van der Waals surface area contributed by atoms with Crippen LogP contribution in [0.2, 0.25) is 0 Å². The zero-order valence-electron chi connectivity index (χ0n) is 11.9. The molecule has 0 bridgehead atoms. The van der Waals surface area contributed by atoms with E-state index in [0.717, 1.165) is 0 Å². The van der Waals surface area contributed by atoms with Gasteiger partial charge in [-0.25, -0.2) is 9.67 Å². The molecule has 2 rings (SSSR count). The summed E-state index contributed by atoms with van der Waals surface area (Å²) in [6, 6.07) is 8.65. The Kier molecular flexibility index (Phi) is 4.68. The van der Waals surface area contributed by atoms with Crippen LogP contribution in [0.3, 0.4) is 0 Å². The highest BCUT2D eigenvalue weighted by atomic mass is 32.1. The third-order valence-corrected chi connectivity index (χ3v) is 2.87. The molecule has 0 aliphatic heterocycles. The first-order valence-electron chi connectivity index (χ1n) is 6.55. The van der Waals surface area contributed by atoms with Crippen molar-refractivity contribution in [3.8, 4) is 0 Å².